The highest BCUT2D eigenvalue weighted by molar-refractivity contribution is 6.30. The van der Waals surface area contributed by atoms with Crippen LogP contribution in [0.4, 0.5) is 11.6 Å². The Morgan fingerprint density at radius 2 is 1.94 bits per heavy atom. The Hall–Kier alpha value is -3.64. The second-order valence-electron chi connectivity index (χ2n) is 7.26. The lowest BCUT2D eigenvalue weighted by molar-refractivity contribution is -0.112. The van der Waals surface area contributed by atoms with Gasteiger partial charge in [-0.3, -0.25) is 9.59 Å². The number of aromatic nitrogens is 2. The predicted molar refractivity (Wildman–Crippen MR) is 117 cm³/mol. The summed E-state index contributed by atoms with van der Waals surface area (Å²) in [4.78, 5) is 36.6. The molecule has 0 radical (unpaired) electrons. The Kier molecular flexibility index (Phi) is 7.05. The molecule has 10 heteroatoms. The lowest BCUT2D eigenvalue weighted by Crippen LogP contribution is -2.31. The fourth-order valence-electron chi connectivity index (χ4n) is 3.11. The van der Waals surface area contributed by atoms with E-state index in [0.29, 0.717) is 35.3 Å². The zero-order valence-corrected chi connectivity index (χ0v) is 17.9. The van der Waals surface area contributed by atoms with Gasteiger partial charge in [0, 0.05) is 50.7 Å². The number of rotatable bonds is 6. The third-order valence-electron chi connectivity index (χ3n) is 4.57. The van der Waals surface area contributed by atoms with Gasteiger partial charge in [0.25, 0.3) is 11.8 Å². The van der Waals surface area contributed by atoms with Gasteiger partial charge in [-0.25, -0.2) is 9.97 Å². The van der Waals surface area contributed by atoms with Gasteiger partial charge < -0.3 is 20.4 Å². The number of hydrogen-bond donors (Lipinski definition) is 2. The number of likely N-dealkylation sites (tertiary alicyclic amines) is 1. The van der Waals surface area contributed by atoms with Crippen molar-refractivity contribution in [3.05, 3.63) is 59.0 Å². The highest BCUT2D eigenvalue weighted by Crippen LogP contribution is 2.18. The van der Waals surface area contributed by atoms with Crippen molar-refractivity contribution in [3.8, 4) is 6.07 Å². The van der Waals surface area contributed by atoms with Crippen molar-refractivity contribution in [3.63, 3.8) is 0 Å². The third kappa shape index (κ3) is 5.93. The molecule has 1 atom stereocenters. The van der Waals surface area contributed by atoms with Crippen molar-refractivity contribution < 1.29 is 9.59 Å². The minimum Gasteiger partial charge on any atom is -0.382 e. The smallest absolute Gasteiger partial charge is 0.267 e. The van der Waals surface area contributed by atoms with Crippen LogP contribution in [0.5, 0.6) is 0 Å². The van der Waals surface area contributed by atoms with Gasteiger partial charge in [-0.1, -0.05) is 11.6 Å². The number of carbonyl (C=O) groups is 2. The van der Waals surface area contributed by atoms with Gasteiger partial charge in [-0.05, 0) is 30.7 Å². The summed E-state index contributed by atoms with van der Waals surface area (Å²) in [5.41, 5.74) is 1.01. The molecular weight excluding hydrogens is 418 g/mol. The van der Waals surface area contributed by atoms with Crippen LogP contribution >= 0.6 is 11.6 Å². The van der Waals surface area contributed by atoms with Gasteiger partial charge in [0.15, 0.2) is 0 Å². The first-order valence-electron chi connectivity index (χ1n) is 9.59. The number of benzene rings is 1. The van der Waals surface area contributed by atoms with Crippen molar-refractivity contribution in [1.82, 2.24) is 19.8 Å². The molecule has 0 saturated carbocycles. The molecule has 2 aromatic rings. The topological polar surface area (TPSA) is 114 Å². The molecule has 1 aliphatic heterocycles. The van der Waals surface area contributed by atoms with Crippen molar-refractivity contribution in [1.29, 1.82) is 5.26 Å². The van der Waals surface area contributed by atoms with Crippen molar-refractivity contribution >= 4 is 35.1 Å². The molecule has 1 saturated heterocycles. The molecule has 1 aromatic carbocycles. The van der Waals surface area contributed by atoms with Crippen LogP contribution < -0.4 is 10.6 Å². The molecule has 31 heavy (non-hydrogen) atoms. The molecule has 160 valence electrons. The average molecular weight is 440 g/mol. The van der Waals surface area contributed by atoms with E-state index in [1.807, 2.05) is 6.07 Å². The van der Waals surface area contributed by atoms with Crippen molar-refractivity contribution in [2.45, 2.75) is 12.5 Å². The Morgan fingerprint density at radius 1 is 1.26 bits per heavy atom. The molecular formula is C21H22ClN7O2. The van der Waals surface area contributed by atoms with Gasteiger partial charge >= 0.3 is 0 Å². The van der Waals surface area contributed by atoms with Crippen LogP contribution in [0.25, 0.3) is 0 Å². The second kappa shape index (κ2) is 9.91. The number of nitriles is 1. The molecule has 1 aromatic heterocycles. The number of nitrogens with zero attached hydrogens (tertiary/aromatic N) is 5. The van der Waals surface area contributed by atoms with Crippen LogP contribution in [0.2, 0.25) is 5.02 Å². The number of hydrogen-bond acceptors (Lipinski definition) is 7. The molecule has 0 spiro atoms. The molecule has 1 fully saturated rings. The fourth-order valence-corrected chi connectivity index (χ4v) is 3.20. The number of anilines is 2. The fraction of sp³-hybridized carbons (Fsp3) is 0.286. The van der Waals surface area contributed by atoms with Crippen LogP contribution in [0.1, 0.15) is 16.8 Å². The number of nitrogens with one attached hydrogen (secondary N) is 2. The summed E-state index contributed by atoms with van der Waals surface area (Å²) in [5, 5.41) is 15.4. The Labute approximate surface area is 185 Å². The SMILES string of the molecule is CN(C)C=C(C#N)C(=O)Nc1ccc(C(=O)N2CC[C@H](Nc3ncc(Cl)cn3)C2)cc1. The lowest BCUT2D eigenvalue weighted by Gasteiger charge is -2.17. The zero-order valence-electron chi connectivity index (χ0n) is 17.2. The lowest BCUT2D eigenvalue weighted by atomic mass is 10.1. The van der Waals surface area contributed by atoms with E-state index in [9.17, 15) is 9.59 Å². The molecule has 0 unspecified atom stereocenters. The largest absolute Gasteiger partial charge is 0.382 e. The van der Waals surface area contributed by atoms with Gasteiger partial charge in [-0.15, -0.1) is 0 Å². The maximum Gasteiger partial charge on any atom is 0.267 e. The van der Waals surface area contributed by atoms with Crippen LogP contribution in [0.15, 0.2) is 48.4 Å². The predicted octanol–water partition coefficient (Wildman–Crippen LogP) is 2.36. The number of amides is 2. The van der Waals surface area contributed by atoms with Crippen LogP contribution in [-0.2, 0) is 4.79 Å². The van der Waals surface area contributed by atoms with E-state index in [1.165, 1.54) is 18.6 Å². The summed E-state index contributed by atoms with van der Waals surface area (Å²) < 4.78 is 0. The first kappa shape index (κ1) is 22.1. The van der Waals surface area contributed by atoms with Crippen molar-refractivity contribution in [2.75, 3.05) is 37.8 Å². The monoisotopic (exact) mass is 439 g/mol. The summed E-state index contributed by atoms with van der Waals surface area (Å²) in [6, 6.07) is 8.52. The van der Waals surface area contributed by atoms with Gasteiger partial charge in [-0.2, -0.15) is 5.26 Å². The van der Waals surface area contributed by atoms with Crippen molar-refractivity contribution in [2.24, 2.45) is 0 Å². The normalized spacial score (nSPS) is 15.9. The quantitative estimate of drug-likeness (QED) is 0.524. The number of carbonyl (C=O) groups excluding carboxylic acids is 2. The minimum absolute atomic E-state index is 0.00886. The van der Waals surface area contributed by atoms with Crippen LogP contribution in [0, 0.1) is 11.3 Å². The van der Waals surface area contributed by atoms with E-state index >= 15 is 0 Å². The zero-order chi connectivity index (χ0) is 22.4. The van der Waals surface area contributed by atoms with E-state index in [2.05, 4.69) is 20.6 Å². The standard InChI is InChI=1S/C21H22ClN7O2/c1-28(2)12-15(9-23)19(30)26-17-5-3-14(4-6-17)20(31)29-8-7-18(13-29)27-21-24-10-16(22)11-25-21/h3-6,10-12,18H,7-8,13H2,1-2H3,(H,26,30)(H,24,25,27)/t18-/m0/s1. The summed E-state index contributed by atoms with van der Waals surface area (Å²) >= 11 is 5.79. The molecule has 2 amide bonds. The Morgan fingerprint density at radius 3 is 2.55 bits per heavy atom. The summed E-state index contributed by atoms with van der Waals surface area (Å²) in [7, 11) is 3.46. The first-order valence-corrected chi connectivity index (χ1v) is 9.96. The Bertz CT molecular complexity index is 1010. The van der Waals surface area contributed by atoms with Crippen LogP contribution in [0.3, 0.4) is 0 Å². The molecule has 0 bridgehead atoms. The van der Waals surface area contributed by atoms with Gasteiger partial charge in [0.2, 0.25) is 5.95 Å². The average Bonchev–Trinajstić information content (AvgIpc) is 3.22. The number of halogens is 1. The van der Waals surface area contributed by atoms with E-state index in [1.54, 1.807) is 48.2 Å². The van der Waals surface area contributed by atoms with Crippen LogP contribution in [-0.4, -0.2) is 64.8 Å². The molecule has 2 N–H and O–H groups in total. The summed E-state index contributed by atoms with van der Waals surface area (Å²) in [6.45, 7) is 1.15. The molecule has 0 aliphatic carbocycles. The minimum atomic E-state index is -0.506. The van der Waals surface area contributed by atoms with E-state index in [4.69, 9.17) is 16.9 Å². The second-order valence-corrected chi connectivity index (χ2v) is 7.69. The summed E-state index contributed by atoms with van der Waals surface area (Å²) in [6.07, 6.45) is 5.26. The molecule has 2 heterocycles. The third-order valence-corrected chi connectivity index (χ3v) is 4.77. The summed E-state index contributed by atoms with van der Waals surface area (Å²) in [5.74, 6) is -0.124. The maximum absolute atomic E-state index is 12.8. The molecule has 9 nitrogen and oxygen atoms in total. The van der Waals surface area contributed by atoms with Gasteiger partial charge in [0.1, 0.15) is 11.6 Å². The molecule has 1 aliphatic rings. The van der Waals surface area contributed by atoms with E-state index < -0.39 is 5.91 Å². The maximum atomic E-state index is 12.8. The highest BCUT2D eigenvalue weighted by atomic mass is 35.5. The molecule has 3 rings (SSSR count). The highest BCUT2D eigenvalue weighted by Gasteiger charge is 2.27. The van der Waals surface area contributed by atoms with Gasteiger partial charge in [0.05, 0.1) is 17.4 Å². The van der Waals surface area contributed by atoms with E-state index in [-0.39, 0.29) is 17.5 Å². The Balaban J connectivity index is 1.57. The van der Waals surface area contributed by atoms with E-state index in [0.717, 1.165) is 6.42 Å². The first-order chi connectivity index (χ1) is 14.9.